The molecule has 2 heterocycles. The van der Waals surface area contributed by atoms with Gasteiger partial charge in [-0.15, -0.1) is 4.36 Å². The van der Waals surface area contributed by atoms with E-state index in [1.54, 1.807) is 44.6 Å². The van der Waals surface area contributed by atoms with E-state index in [1.165, 1.54) is 11.1 Å². The number of amides is 2. The van der Waals surface area contributed by atoms with Crippen LogP contribution in [0, 0.1) is 17.8 Å². The van der Waals surface area contributed by atoms with Gasteiger partial charge in [-0.05, 0) is 128 Å². The molecule has 0 spiro atoms. The van der Waals surface area contributed by atoms with Crippen molar-refractivity contribution in [2.45, 2.75) is 51.2 Å². The summed E-state index contributed by atoms with van der Waals surface area (Å²) >= 11 is 6.46. The minimum absolute atomic E-state index is 0.0171. The highest BCUT2D eigenvalue weighted by Gasteiger charge is 2.44. The molecule has 2 bridgehead atoms. The normalized spacial score (nSPS) is 26.6. The third-order valence-electron chi connectivity index (χ3n) is 10.4. The number of rotatable bonds is 4. The maximum absolute atomic E-state index is 14.7. The Bertz CT molecular complexity index is 1900. The summed E-state index contributed by atoms with van der Waals surface area (Å²) in [5.41, 5.74) is 4.84. The van der Waals surface area contributed by atoms with Crippen molar-refractivity contribution >= 4 is 39.0 Å². The first-order chi connectivity index (χ1) is 23.7. The standard InChI is InChI=1S/C38H42ClN3O6S/c1-46-31-13-7-24(8-14-31)37(43)40-49(45)23-29-10-16-33(29)36(47-2)32-15-9-28(32)22-42-21-27-6-12-30(39)19-25(27)5-3-4-18-48-35-17-11-26(20-34(35)42)38(44)41-49/h6-8,11-14,16-17,19-20,28-29,32,36H,3-5,9-10,15,18,21-23H2,1-2H3,(H,40,41,43,44,45)/t28-,29+,32+,36+,49?/m0/s1. The highest BCUT2D eigenvalue weighted by atomic mass is 35.5. The van der Waals surface area contributed by atoms with E-state index in [0.29, 0.717) is 47.6 Å². The average molecular weight is 704 g/mol. The van der Waals surface area contributed by atoms with Gasteiger partial charge in [-0.25, -0.2) is 4.21 Å². The second-order valence-corrected chi connectivity index (χ2v) is 15.9. The number of benzene rings is 3. The third-order valence-corrected chi connectivity index (χ3v) is 12.5. The lowest BCUT2D eigenvalue weighted by molar-refractivity contribution is -0.00132. The number of carbonyl (C=O) groups is 2. The second kappa shape index (κ2) is 14.2. The van der Waals surface area contributed by atoms with Gasteiger partial charge in [0.2, 0.25) is 0 Å². The maximum Gasteiger partial charge on any atom is 0.286 e. The van der Waals surface area contributed by atoms with E-state index in [9.17, 15) is 13.8 Å². The van der Waals surface area contributed by atoms with Crippen LogP contribution < -0.4 is 19.1 Å². The molecular formula is C38H42ClN3O6S. The number of fused-ring (bicyclic) bond motifs is 4. The molecule has 7 rings (SSSR count). The van der Waals surface area contributed by atoms with Crippen molar-refractivity contribution in [3.63, 3.8) is 0 Å². The summed E-state index contributed by atoms with van der Waals surface area (Å²) in [4.78, 5) is 29.7. The first-order valence-electron chi connectivity index (χ1n) is 17.0. The molecule has 258 valence electrons. The minimum Gasteiger partial charge on any atom is -0.497 e. The van der Waals surface area contributed by atoms with E-state index < -0.39 is 21.7 Å². The van der Waals surface area contributed by atoms with E-state index in [4.69, 9.17) is 25.8 Å². The zero-order valence-corrected chi connectivity index (χ0v) is 29.4. The summed E-state index contributed by atoms with van der Waals surface area (Å²) in [5.74, 6) is 0.518. The molecule has 2 aliphatic carbocycles. The smallest absolute Gasteiger partial charge is 0.286 e. The number of nitrogens with one attached hydrogen (secondary N) is 1. The molecule has 1 N–H and O–H groups in total. The lowest BCUT2D eigenvalue weighted by atomic mass is 9.65. The van der Waals surface area contributed by atoms with Crippen molar-refractivity contribution in [1.82, 2.24) is 4.72 Å². The van der Waals surface area contributed by atoms with Gasteiger partial charge in [0.25, 0.3) is 11.8 Å². The van der Waals surface area contributed by atoms with Gasteiger partial charge in [-0.2, -0.15) is 0 Å². The van der Waals surface area contributed by atoms with Crippen molar-refractivity contribution in [2.75, 3.05) is 38.0 Å². The minimum atomic E-state index is -3.55. The number of hydrogen-bond acceptors (Lipinski definition) is 7. The number of ether oxygens (including phenoxy) is 3. The van der Waals surface area contributed by atoms with Crippen LogP contribution in [0.25, 0.3) is 0 Å². The molecule has 0 saturated heterocycles. The fourth-order valence-corrected chi connectivity index (χ4v) is 9.61. The molecule has 1 unspecified atom stereocenters. The Morgan fingerprint density at radius 3 is 2.59 bits per heavy atom. The second-order valence-electron chi connectivity index (χ2n) is 13.4. The number of allylic oxidation sites excluding steroid dienone is 1. The van der Waals surface area contributed by atoms with Gasteiger partial charge < -0.3 is 19.1 Å². The number of hydrogen-bond donors (Lipinski definition) is 1. The molecule has 11 heteroatoms. The van der Waals surface area contributed by atoms with Crippen LogP contribution in [0.3, 0.4) is 0 Å². The van der Waals surface area contributed by atoms with Crippen LogP contribution in [0.1, 0.15) is 63.9 Å². The first-order valence-corrected chi connectivity index (χ1v) is 19.1. The Labute approximate surface area is 293 Å². The zero-order valence-electron chi connectivity index (χ0n) is 27.9. The molecule has 0 radical (unpaired) electrons. The molecule has 5 atom stereocenters. The van der Waals surface area contributed by atoms with E-state index in [2.05, 4.69) is 32.2 Å². The summed E-state index contributed by atoms with van der Waals surface area (Å²) in [6.07, 6.45) is 7.46. The summed E-state index contributed by atoms with van der Waals surface area (Å²) in [7, 11) is -0.275. The van der Waals surface area contributed by atoms with E-state index in [1.807, 2.05) is 18.2 Å². The monoisotopic (exact) mass is 703 g/mol. The van der Waals surface area contributed by atoms with E-state index >= 15 is 0 Å². The van der Waals surface area contributed by atoms with E-state index in [-0.39, 0.29) is 29.3 Å². The van der Waals surface area contributed by atoms with Crippen LogP contribution in [0.4, 0.5) is 5.69 Å². The Kier molecular flexibility index (Phi) is 9.72. The Morgan fingerprint density at radius 1 is 1.04 bits per heavy atom. The Morgan fingerprint density at radius 2 is 1.88 bits per heavy atom. The third kappa shape index (κ3) is 7.09. The number of carbonyl (C=O) groups excluding carboxylic acids is 2. The predicted octanol–water partition coefficient (Wildman–Crippen LogP) is 7.02. The van der Waals surface area contributed by atoms with Gasteiger partial charge >= 0.3 is 0 Å². The number of nitrogens with zero attached hydrogens (tertiary/aromatic N) is 2. The van der Waals surface area contributed by atoms with Gasteiger partial charge in [0.15, 0.2) is 0 Å². The summed E-state index contributed by atoms with van der Waals surface area (Å²) in [6, 6.07) is 17.9. The molecule has 1 fully saturated rings. The number of aryl methyl sites for hydroxylation is 1. The quantitative estimate of drug-likeness (QED) is 0.291. The van der Waals surface area contributed by atoms with Gasteiger partial charge in [-0.3, -0.25) is 14.3 Å². The number of halogens is 1. The Hall–Kier alpha value is -3.86. The van der Waals surface area contributed by atoms with Gasteiger partial charge in [0, 0.05) is 36.3 Å². The fourth-order valence-electron chi connectivity index (χ4n) is 7.56. The van der Waals surface area contributed by atoms with Crippen molar-refractivity contribution in [3.05, 3.63) is 99.6 Å². The largest absolute Gasteiger partial charge is 0.497 e. The fraction of sp³-hybridized carbons (Fsp3) is 0.421. The summed E-state index contributed by atoms with van der Waals surface area (Å²) in [5, 5.41) is 0.716. The molecule has 4 aliphatic rings. The lowest BCUT2D eigenvalue weighted by Crippen LogP contribution is -2.47. The summed E-state index contributed by atoms with van der Waals surface area (Å²) < 4.78 is 39.4. The van der Waals surface area contributed by atoms with Crippen molar-refractivity contribution in [3.8, 4) is 11.5 Å². The van der Waals surface area contributed by atoms with Gasteiger partial charge in [-0.1, -0.05) is 23.7 Å². The van der Waals surface area contributed by atoms with Gasteiger partial charge in [0.1, 0.15) is 21.4 Å². The molecular weight excluding hydrogens is 662 g/mol. The van der Waals surface area contributed by atoms with Crippen LogP contribution in [0.2, 0.25) is 5.02 Å². The summed E-state index contributed by atoms with van der Waals surface area (Å²) in [6.45, 7) is 1.90. The average Bonchev–Trinajstić information content (AvgIpc) is 3.10. The van der Waals surface area contributed by atoms with Crippen LogP contribution in [-0.2, 0) is 27.6 Å². The maximum atomic E-state index is 14.7. The van der Waals surface area contributed by atoms with Crippen molar-refractivity contribution in [2.24, 2.45) is 22.1 Å². The van der Waals surface area contributed by atoms with Gasteiger partial charge in [0.05, 0.1) is 31.3 Å². The SMILES string of the molecule is COc1ccc(C(=O)NS2(=O)=NC(=O)c3ccc4c(c3)N(Cc3ccc(Cl)cc3CCCCO4)C[C@@H]3CC[C@H]3[C@@H](OC)C3=CC[C@@H]3C2)cc1. The first kappa shape index (κ1) is 33.6. The molecule has 9 nitrogen and oxygen atoms in total. The van der Waals surface area contributed by atoms with Crippen LogP contribution >= 0.6 is 11.6 Å². The lowest BCUT2D eigenvalue weighted by Gasteiger charge is -2.47. The molecule has 2 aliphatic heterocycles. The molecule has 3 aromatic rings. The number of anilines is 1. The molecule has 2 amide bonds. The van der Waals surface area contributed by atoms with Crippen LogP contribution in [-0.4, -0.2) is 55.3 Å². The predicted molar refractivity (Wildman–Crippen MR) is 191 cm³/mol. The van der Waals surface area contributed by atoms with Crippen molar-refractivity contribution < 1.29 is 28.0 Å². The molecule has 0 aromatic heterocycles. The highest BCUT2D eigenvalue weighted by molar-refractivity contribution is 7.92. The highest BCUT2D eigenvalue weighted by Crippen LogP contribution is 2.47. The molecule has 3 aromatic carbocycles. The zero-order chi connectivity index (χ0) is 34.1. The van der Waals surface area contributed by atoms with Crippen LogP contribution in [0.5, 0.6) is 11.5 Å². The van der Waals surface area contributed by atoms with Crippen LogP contribution in [0.15, 0.2) is 76.7 Å². The molecule has 1 saturated carbocycles. The van der Waals surface area contributed by atoms with E-state index in [0.717, 1.165) is 49.9 Å². The number of methoxy groups -OCH3 is 2. The Balaban J connectivity index is 1.32. The topological polar surface area (TPSA) is 107 Å². The van der Waals surface area contributed by atoms with Crippen molar-refractivity contribution in [1.29, 1.82) is 0 Å². The molecule has 49 heavy (non-hydrogen) atoms.